The highest BCUT2D eigenvalue weighted by Gasteiger charge is 2.35. The van der Waals surface area contributed by atoms with E-state index < -0.39 is 5.41 Å². The molecule has 1 rings (SSSR count). The van der Waals surface area contributed by atoms with Crippen LogP contribution >= 0.6 is 0 Å². The predicted molar refractivity (Wildman–Crippen MR) is 90.7 cm³/mol. The normalized spacial score (nSPS) is 11.3. The minimum absolute atomic E-state index is 0.0475. The molecule has 0 unspecified atom stereocenters. The van der Waals surface area contributed by atoms with Crippen LogP contribution in [0.3, 0.4) is 0 Å². The second-order valence-corrected chi connectivity index (χ2v) is 5.88. The molecule has 1 aromatic rings. The van der Waals surface area contributed by atoms with Crippen molar-refractivity contribution in [3.63, 3.8) is 0 Å². The van der Waals surface area contributed by atoms with Crippen molar-refractivity contribution in [2.45, 2.75) is 39.5 Å². The number of nitrogens with two attached hydrogens (primary N) is 1. The van der Waals surface area contributed by atoms with Gasteiger partial charge in [-0.3, -0.25) is 4.79 Å². The Hall–Kier alpha value is -1.55. The molecule has 0 bridgehead atoms. The molecule has 0 aliphatic heterocycles. The van der Waals surface area contributed by atoms with Gasteiger partial charge in [0.25, 0.3) is 0 Å². The first-order valence-corrected chi connectivity index (χ1v) is 7.78. The van der Waals surface area contributed by atoms with Crippen molar-refractivity contribution in [2.24, 2.45) is 11.1 Å². The maximum Gasteiger partial charge on any atom is 0.231 e. The van der Waals surface area contributed by atoms with Gasteiger partial charge in [0.05, 0.1) is 5.41 Å². The lowest BCUT2D eigenvalue weighted by Gasteiger charge is -2.30. The van der Waals surface area contributed by atoms with Gasteiger partial charge >= 0.3 is 0 Å². The lowest BCUT2D eigenvalue weighted by atomic mass is 9.78. The summed E-state index contributed by atoms with van der Waals surface area (Å²) >= 11 is 0. The van der Waals surface area contributed by atoms with E-state index >= 15 is 0 Å². The molecule has 1 amide bonds. The van der Waals surface area contributed by atoms with Gasteiger partial charge in [0.2, 0.25) is 5.91 Å². The second kappa shape index (κ2) is 8.03. The van der Waals surface area contributed by atoms with Gasteiger partial charge in [0.1, 0.15) is 0 Å². The molecule has 4 heteroatoms. The van der Waals surface area contributed by atoms with Crippen LogP contribution in [0.2, 0.25) is 0 Å². The highest BCUT2D eigenvalue weighted by atomic mass is 16.2. The van der Waals surface area contributed by atoms with Gasteiger partial charge in [-0.05, 0) is 37.1 Å². The molecule has 0 saturated heterocycles. The molecule has 118 valence electrons. The standard InChI is InChI=1S/C17H29N3O/c1-5-11-17(13-18,12-6-2)16(21)19-14-7-9-15(10-8-14)20(3)4/h7-10H,5-6,11-13,18H2,1-4H3,(H,19,21). The summed E-state index contributed by atoms with van der Waals surface area (Å²) in [6, 6.07) is 7.87. The molecular weight excluding hydrogens is 262 g/mol. The van der Waals surface area contributed by atoms with E-state index in [0.29, 0.717) is 6.54 Å². The minimum atomic E-state index is -0.441. The Kier molecular flexibility index (Phi) is 6.69. The van der Waals surface area contributed by atoms with Gasteiger partial charge in [-0.2, -0.15) is 0 Å². The van der Waals surface area contributed by atoms with Gasteiger partial charge in [-0.15, -0.1) is 0 Å². The van der Waals surface area contributed by atoms with E-state index in [4.69, 9.17) is 5.73 Å². The number of carbonyl (C=O) groups excluding carboxylic acids is 1. The summed E-state index contributed by atoms with van der Waals surface area (Å²) in [5.74, 6) is 0.0475. The molecule has 0 heterocycles. The Morgan fingerprint density at radius 1 is 1.14 bits per heavy atom. The van der Waals surface area contributed by atoms with Crippen LogP contribution in [-0.4, -0.2) is 26.5 Å². The van der Waals surface area contributed by atoms with Crippen molar-refractivity contribution >= 4 is 17.3 Å². The van der Waals surface area contributed by atoms with E-state index in [2.05, 4.69) is 19.2 Å². The topological polar surface area (TPSA) is 58.4 Å². The molecule has 0 fully saturated rings. The first-order chi connectivity index (χ1) is 9.99. The van der Waals surface area contributed by atoms with Gasteiger partial charge in [-0.1, -0.05) is 26.7 Å². The zero-order chi connectivity index (χ0) is 15.9. The van der Waals surface area contributed by atoms with Gasteiger partial charge < -0.3 is 16.0 Å². The molecular formula is C17H29N3O. The summed E-state index contributed by atoms with van der Waals surface area (Å²) in [7, 11) is 3.99. The fourth-order valence-electron chi connectivity index (χ4n) is 2.71. The van der Waals surface area contributed by atoms with Gasteiger partial charge in [0.15, 0.2) is 0 Å². The highest BCUT2D eigenvalue weighted by Crippen LogP contribution is 2.30. The van der Waals surface area contributed by atoms with Crippen LogP contribution in [0.15, 0.2) is 24.3 Å². The van der Waals surface area contributed by atoms with Crippen molar-refractivity contribution in [3.8, 4) is 0 Å². The van der Waals surface area contributed by atoms with Crippen LogP contribution in [-0.2, 0) is 4.79 Å². The quantitative estimate of drug-likeness (QED) is 0.773. The Labute approximate surface area is 128 Å². The molecule has 0 aliphatic carbocycles. The zero-order valence-corrected chi connectivity index (χ0v) is 13.8. The predicted octanol–water partition coefficient (Wildman–Crippen LogP) is 3.24. The van der Waals surface area contributed by atoms with Crippen LogP contribution in [0.5, 0.6) is 0 Å². The van der Waals surface area contributed by atoms with Crippen LogP contribution in [0.1, 0.15) is 39.5 Å². The van der Waals surface area contributed by atoms with E-state index in [9.17, 15) is 4.79 Å². The number of hydrogen-bond acceptors (Lipinski definition) is 3. The van der Waals surface area contributed by atoms with E-state index in [0.717, 1.165) is 37.1 Å². The summed E-state index contributed by atoms with van der Waals surface area (Å²) in [4.78, 5) is 14.7. The van der Waals surface area contributed by atoms with Crippen molar-refractivity contribution in [3.05, 3.63) is 24.3 Å². The highest BCUT2D eigenvalue weighted by molar-refractivity contribution is 5.95. The Morgan fingerprint density at radius 3 is 2.05 bits per heavy atom. The molecule has 0 atom stereocenters. The van der Waals surface area contributed by atoms with E-state index in [1.54, 1.807) is 0 Å². The monoisotopic (exact) mass is 291 g/mol. The molecule has 0 radical (unpaired) electrons. The molecule has 21 heavy (non-hydrogen) atoms. The van der Waals surface area contributed by atoms with Crippen molar-refractivity contribution in [1.82, 2.24) is 0 Å². The number of amides is 1. The number of anilines is 2. The van der Waals surface area contributed by atoms with Crippen LogP contribution < -0.4 is 16.0 Å². The third-order valence-corrected chi connectivity index (χ3v) is 3.97. The summed E-state index contributed by atoms with van der Waals surface area (Å²) in [6.45, 7) is 4.59. The SMILES string of the molecule is CCCC(CN)(CCC)C(=O)Nc1ccc(N(C)C)cc1. The third-order valence-electron chi connectivity index (χ3n) is 3.97. The van der Waals surface area contributed by atoms with E-state index in [1.807, 2.05) is 43.3 Å². The minimum Gasteiger partial charge on any atom is -0.378 e. The van der Waals surface area contributed by atoms with Crippen molar-refractivity contribution in [1.29, 1.82) is 0 Å². The van der Waals surface area contributed by atoms with Crippen LogP contribution in [0, 0.1) is 5.41 Å². The molecule has 4 nitrogen and oxygen atoms in total. The Bertz CT molecular complexity index is 434. The largest absolute Gasteiger partial charge is 0.378 e. The summed E-state index contributed by atoms with van der Waals surface area (Å²) in [5.41, 5.74) is 7.43. The zero-order valence-electron chi connectivity index (χ0n) is 13.8. The number of nitrogens with one attached hydrogen (secondary N) is 1. The molecule has 0 aliphatic rings. The summed E-state index contributed by atoms with van der Waals surface area (Å²) < 4.78 is 0. The first kappa shape index (κ1) is 17.5. The first-order valence-electron chi connectivity index (χ1n) is 7.78. The second-order valence-electron chi connectivity index (χ2n) is 5.88. The number of hydrogen-bond donors (Lipinski definition) is 2. The lowest BCUT2D eigenvalue weighted by molar-refractivity contribution is -0.126. The fraction of sp³-hybridized carbons (Fsp3) is 0.588. The van der Waals surface area contributed by atoms with Crippen molar-refractivity contribution in [2.75, 3.05) is 30.9 Å². The lowest BCUT2D eigenvalue weighted by Crippen LogP contribution is -2.42. The number of nitrogens with zero attached hydrogens (tertiary/aromatic N) is 1. The number of rotatable bonds is 8. The summed E-state index contributed by atoms with van der Waals surface area (Å²) in [5, 5.41) is 3.03. The maximum atomic E-state index is 12.7. The van der Waals surface area contributed by atoms with E-state index in [1.165, 1.54) is 0 Å². The average molecular weight is 291 g/mol. The Balaban J connectivity index is 2.85. The maximum absolute atomic E-state index is 12.7. The average Bonchev–Trinajstić information content (AvgIpc) is 2.47. The van der Waals surface area contributed by atoms with Gasteiger partial charge in [-0.25, -0.2) is 0 Å². The van der Waals surface area contributed by atoms with E-state index in [-0.39, 0.29) is 5.91 Å². The number of carbonyl (C=O) groups is 1. The molecule has 1 aromatic carbocycles. The smallest absolute Gasteiger partial charge is 0.231 e. The van der Waals surface area contributed by atoms with Crippen LogP contribution in [0.25, 0.3) is 0 Å². The number of benzene rings is 1. The molecule has 3 N–H and O–H groups in total. The third kappa shape index (κ3) is 4.46. The van der Waals surface area contributed by atoms with Gasteiger partial charge in [0, 0.05) is 32.0 Å². The fourth-order valence-corrected chi connectivity index (χ4v) is 2.71. The Morgan fingerprint density at radius 2 is 1.67 bits per heavy atom. The van der Waals surface area contributed by atoms with Crippen molar-refractivity contribution < 1.29 is 4.79 Å². The molecule has 0 aromatic heterocycles. The summed E-state index contributed by atoms with van der Waals surface area (Å²) in [6.07, 6.45) is 3.59. The molecule has 0 saturated carbocycles. The molecule has 0 spiro atoms. The van der Waals surface area contributed by atoms with Crippen LogP contribution in [0.4, 0.5) is 11.4 Å².